The van der Waals surface area contributed by atoms with E-state index in [0.29, 0.717) is 12.5 Å². The fourth-order valence-corrected chi connectivity index (χ4v) is 1.91. The van der Waals surface area contributed by atoms with Gasteiger partial charge in [0.1, 0.15) is 4.83 Å². The highest BCUT2D eigenvalue weighted by Gasteiger charge is 2.26. The van der Waals surface area contributed by atoms with Crippen molar-refractivity contribution in [3.63, 3.8) is 0 Å². The highest BCUT2D eigenvalue weighted by Crippen LogP contribution is 2.26. The number of ether oxygens (including phenoxy) is 1. The Labute approximate surface area is 92.1 Å². The predicted octanol–water partition coefficient (Wildman–Crippen LogP) is 0.283. The fraction of sp³-hybridized carbons (Fsp3) is 0.889. The topological polar surface area (TPSA) is 58.6 Å². The average Bonchev–Trinajstić information content (AvgIpc) is 2.13. The van der Waals surface area contributed by atoms with Crippen molar-refractivity contribution in [2.75, 3.05) is 20.2 Å². The molecule has 1 unspecified atom stereocenters. The number of aliphatic hydroxyl groups is 1. The van der Waals surface area contributed by atoms with Gasteiger partial charge in [-0.1, -0.05) is 15.9 Å². The third-order valence-electron chi connectivity index (χ3n) is 2.42. The van der Waals surface area contributed by atoms with E-state index in [1.807, 2.05) is 0 Å². The van der Waals surface area contributed by atoms with E-state index < -0.39 is 0 Å². The summed E-state index contributed by atoms with van der Waals surface area (Å²) in [5.41, 5.74) is 0. The van der Waals surface area contributed by atoms with E-state index in [1.165, 1.54) is 7.11 Å². The summed E-state index contributed by atoms with van der Waals surface area (Å²) in [5.74, 6) is 0.300. The quantitative estimate of drug-likeness (QED) is 0.554. The largest absolute Gasteiger partial charge is 0.468 e. The summed E-state index contributed by atoms with van der Waals surface area (Å²) < 4.78 is 4.56. The molecule has 0 aromatic carbocycles. The molecule has 0 aliphatic heterocycles. The van der Waals surface area contributed by atoms with Gasteiger partial charge in [0.2, 0.25) is 0 Å². The molecule has 0 spiro atoms. The number of alkyl halides is 1. The Bertz CT molecular complexity index is 194. The molecule has 2 N–H and O–H groups in total. The van der Waals surface area contributed by atoms with E-state index in [1.54, 1.807) is 0 Å². The standard InChI is InChI=1S/C9H16BrNO3/c1-14-9(13)8(10)5-11-4-6-2-7(12)3-6/h6-8,11-12H,2-5H2,1H3. The summed E-state index contributed by atoms with van der Waals surface area (Å²) in [7, 11) is 1.37. The third-order valence-corrected chi connectivity index (χ3v) is 3.12. The number of carbonyl (C=O) groups excluding carboxylic acids is 1. The molecule has 1 saturated carbocycles. The van der Waals surface area contributed by atoms with Crippen LogP contribution in [0.25, 0.3) is 0 Å². The average molecular weight is 266 g/mol. The molecule has 1 fully saturated rings. The molecule has 0 bridgehead atoms. The van der Waals surface area contributed by atoms with Crippen LogP contribution in [0, 0.1) is 5.92 Å². The molecule has 1 rings (SSSR count). The maximum atomic E-state index is 11.0. The summed E-state index contributed by atoms with van der Waals surface area (Å²) in [6, 6.07) is 0. The number of aliphatic hydroxyl groups excluding tert-OH is 1. The minimum Gasteiger partial charge on any atom is -0.468 e. The van der Waals surface area contributed by atoms with E-state index in [2.05, 4.69) is 26.0 Å². The number of rotatable bonds is 5. The van der Waals surface area contributed by atoms with Crippen LogP contribution in [-0.4, -0.2) is 42.2 Å². The van der Waals surface area contributed by atoms with Gasteiger partial charge in [-0.15, -0.1) is 0 Å². The highest BCUT2D eigenvalue weighted by atomic mass is 79.9. The van der Waals surface area contributed by atoms with E-state index in [-0.39, 0.29) is 16.9 Å². The van der Waals surface area contributed by atoms with Gasteiger partial charge in [-0.3, -0.25) is 4.79 Å². The Kier molecular flexibility index (Phi) is 4.84. The zero-order valence-electron chi connectivity index (χ0n) is 8.20. The number of carbonyl (C=O) groups is 1. The molecular formula is C9H16BrNO3. The van der Waals surface area contributed by atoms with Crippen molar-refractivity contribution in [3.05, 3.63) is 0 Å². The van der Waals surface area contributed by atoms with Gasteiger partial charge in [-0.05, 0) is 25.3 Å². The number of esters is 1. The molecule has 0 saturated heterocycles. The van der Waals surface area contributed by atoms with Crippen molar-refractivity contribution < 1.29 is 14.6 Å². The summed E-state index contributed by atoms with van der Waals surface area (Å²) in [6.45, 7) is 1.43. The smallest absolute Gasteiger partial charge is 0.320 e. The Hall–Kier alpha value is -0.130. The lowest BCUT2D eigenvalue weighted by molar-refractivity contribution is -0.139. The van der Waals surface area contributed by atoms with Gasteiger partial charge < -0.3 is 15.2 Å². The van der Waals surface area contributed by atoms with Crippen LogP contribution in [0.5, 0.6) is 0 Å². The van der Waals surface area contributed by atoms with Gasteiger partial charge in [0.15, 0.2) is 0 Å². The van der Waals surface area contributed by atoms with Gasteiger partial charge in [0.05, 0.1) is 13.2 Å². The van der Waals surface area contributed by atoms with Crippen molar-refractivity contribution >= 4 is 21.9 Å². The minimum absolute atomic E-state index is 0.109. The van der Waals surface area contributed by atoms with Gasteiger partial charge in [0.25, 0.3) is 0 Å². The lowest BCUT2D eigenvalue weighted by atomic mass is 9.82. The van der Waals surface area contributed by atoms with Crippen LogP contribution >= 0.6 is 15.9 Å². The Morgan fingerprint density at radius 2 is 2.36 bits per heavy atom. The first kappa shape index (κ1) is 11.9. The molecule has 82 valence electrons. The number of methoxy groups -OCH3 is 1. The molecule has 1 aliphatic carbocycles. The molecule has 0 aromatic heterocycles. The SMILES string of the molecule is COC(=O)C(Br)CNCC1CC(O)C1. The monoisotopic (exact) mass is 265 g/mol. The van der Waals surface area contributed by atoms with Gasteiger partial charge in [-0.25, -0.2) is 0 Å². The van der Waals surface area contributed by atoms with Crippen molar-refractivity contribution in [1.29, 1.82) is 0 Å². The number of hydrogen-bond donors (Lipinski definition) is 2. The second kappa shape index (κ2) is 5.68. The van der Waals surface area contributed by atoms with Crippen LogP contribution in [-0.2, 0) is 9.53 Å². The van der Waals surface area contributed by atoms with Crippen LogP contribution in [0.4, 0.5) is 0 Å². The minimum atomic E-state index is -0.280. The van der Waals surface area contributed by atoms with Gasteiger partial charge >= 0.3 is 5.97 Å². The van der Waals surface area contributed by atoms with Crippen LogP contribution in [0.1, 0.15) is 12.8 Å². The second-order valence-electron chi connectivity index (χ2n) is 3.64. The summed E-state index contributed by atoms with van der Waals surface area (Å²) in [5, 5.41) is 12.2. The Balaban J connectivity index is 2.01. The Morgan fingerprint density at radius 3 is 2.86 bits per heavy atom. The van der Waals surface area contributed by atoms with E-state index >= 15 is 0 Å². The lowest BCUT2D eigenvalue weighted by Crippen LogP contribution is -2.39. The molecule has 0 radical (unpaired) electrons. The Morgan fingerprint density at radius 1 is 1.71 bits per heavy atom. The number of halogens is 1. The van der Waals surface area contributed by atoms with Crippen molar-refractivity contribution in [2.24, 2.45) is 5.92 Å². The van der Waals surface area contributed by atoms with Crippen LogP contribution in [0.3, 0.4) is 0 Å². The van der Waals surface area contributed by atoms with Gasteiger partial charge in [0, 0.05) is 6.54 Å². The maximum Gasteiger partial charge on any atom is 0.320 e. The van der Waals surface area contributed by atoms with E-state index in [4.69, 9.17) is 5.11 Å². The van der Waals surface area contributed by atoms with E-state index in [0.717, 1.165) is 19.4 Å². The van der Waals surface area contributed by atoms with E-state index in [9.17, 15) is 4.79 Å². The predicted molar refractivity (Wildman–Crippen MR) is 56.3 cm³/mol. The lowest BCUT2D eigenvalue weighted by Gasteiger charge is -2.31. The molecule has 5 heteroatoms. The molecule has 4 nitrogen and oxygen atoms in total. The molecule has 1 atom stereocenters. The fourth-order valence-electron chi connectivity index (χ4n) is 1.49. The summed E-state index contributed by atoms with van der Waals surface area (Å²) in [6.07, 6.45) is 1.64. The zero-order valence-corrected chi connectivity index (χ0v) is 9.79. The first-order chi connectivity index (χ1) is 6.63. The van der Waals surface area contributed by atoms with Crippen molar-refractivity contribution in [2.45, 2.75) is 23.8 Å². The highest BCUT2D eigenvalue weighted by molar-refractivity contribution is 9.10. The molecule has 14 heavy (non-hydrogen) atoms. The van der Waals surface area contributed by atoms with Crippen molar-refractivity contribution in [1.82, 2.24) is 5.32 Å². The maximum absolute atomic E-state index is 11.0. The molecule has 0 amide bonds. The summed E-state index contributed by atoms with van der Waals surface area (Å²) >= 11 is 3.22. The first-order valence-corrected chi connectivity index (χ1v) is 5.65. The molecular weight excluding hydrogens is 250 g/mol. The second-order valence-corrected chi connectivity index (χ2v) is 4.75. The normalized spacial score (nSPS) is 27.9. The summed E-state index contributed by atoms with van der Waals surface area (Å²) in [4.78, 5) is 10.7. The molecule has 0 heterocycles. The number of hydrogen-bond acceptors (Lipinski definition) is 4. The van der Waals surface area contributed by atoms with Crippen molar-refractivity contribution in [3.8, 4) is 0 Å². The first-order valence-electron chi connectivity index (χ1n) is 4.74. The van der Waals surface area contributed by atoms with Gasteiger partial charge in [-0.2, -0.15) is 0 Å². The number of nitrogens with one attached hydrogen (secondary N) is 1. The third kappa shape index (κ3) is 3.55. The van der Waals surface area contributed by atoms with Crippen LogP contribution in [0.2, 0.25) is 0 Å². The zero-order chi connectivity index (χ0) is 10.6. The van der Waals surface area contributed by atoms with Crippen LogP contribution < -0.4 is 5.32 Å². The molecule has 0 aromatic rings. The molecule has 1 aliphatic rings. The van der Waals surface area contributed by atoms with Crippen LogP contribution in [0.15, 0.2) is 0 Å².